The van der Waals surface area contributed by atoms with E-state index >= 15 is 0 Å². The monoisotopic (exact) mass is 438 g/mol. The van der Waals surface area contributed by atoms with Gasteiger partial charge in [-0.15, -0.1) is 10.2 Å². The van der Waals surface area contributed by atoms with Gasteiger partial charge >= 0.3 is 0 Å². The van der Waals surface area contributed by atoms with E-state index in [0.717, 1.165) is 53.8 Å². The van der Waals surface area contributed by atoms with Gasteiger partial charge in [-0.1, -0.05) is 30.0 Å². The standard InChI is InChI=1S/C24H30N4O2S/c1-5-28-22(8-6-7-19-10-13-21(30-4)14-11-19)26-27-24(28)31-16-23(29)25-20-12-9-17(2)18(3)15-20/h9-15H,5-8,16H2,1-4H3,(H,25,29). The van der Waals surface area contributed by atoms with Crippen LogP contribution in [-0.2, 0) is 24.2 Å². The summed E-state index contributed by atoms with van der Waals surface area (Å²) in [5, 5.41) is 12.4. The quantitative estimate of drug-likeness (QED) is 0.459. The SMILES string of the molecule is CCn1c(CCCc2ccc(OC)cc2)nnc1SCC(=O)Nc1ccc(C)c(C)c1. The Kier molecular flexibility index (Phi) is 8.12. The van der Waals surface area contributed by atoms with Crippen LogP contribution in [0.2, 0.25) is 0 Å². The fourth-order valence-corrected chi connectivity index (χ4v) is 4.14. The highest BCUT2D eigenvalue weighted by atomic mass is 32.2. The molecular weight excluding hydrogens is 408 g/mol. The molecule has 2 aromatic carbocycles. The highest BCUT2D eigenvalue weighted by Crippen LogP contribution is 2.20. The van der Waals surface area contributed by atoms with Gasteiger partial charge in [-0.05, 0) is 74.6 Å². The number of aromatic nitrogens is 3. The lowest BCUT2D eigenvalue weighted by Crippen LogP contribution is -2.15. The van der Waals surface area contributed by atoms with Crippen LogP contribution in [0.1, 0.15) is 35.9 Å². The predicted octanol–water partition coefficient (Wildman–Crippen LogP) is 4.83. The summed E-state index contributed by atoms with van der Waals surface area (Å²) in [6.07, 6.45) is 2.81. The molecule has 164 valence electrons. The zero-order valence-electron chi connectivity index (χ0n) is 18.6. The van der Waals surface area contributed by atoms with Crippen molar-refractivity contribution in [3.05, 3.63) is 65.0 Å². The molecule has 0 spiro atoms. The van der Waals surface area contributed by atoms with Crippen LogP contribution in [-0.4, -0.2) is 33.5 Å². The largest absolute Gasteiger partial charge is 0.497 e. The summed E-state index contributed by atoms with van der Waals surface area (Å²) in [6, 6.07) is 14.1. The molecule has 0 unspecified atom stereocenters. The number of aryl methyl sites for hydroxylation is 4. The van der Waals surface area contributed by atoms with Crippen LogP contribution in [0.3, 0.4) is 0 Å². The average Bonchev–Trinajstić information content (AvgIpc) is 3.17. The van der Waals surface area contributed by atoms with Gasteiger partial charge in [0.25, 0.3) is 0 Å². The van der Waals surface area contributed by atoms with Gasteiger partial charge in [-0.2, -0.15) is 0 Å². The number of ether oxygens (including phenoxy) is 1. The van der Waals surface area contributed by atoms with E-state index in [2.05, 4.69) is 46.1 Å². The zero-order valence-corrected chi connectivity index (χ0v) is 19.5. The fraction of sp³-hybridized carbons (Fsp3) is 0.375. The number of hydrogen-bond acceptors (Lipinski definition) is 5. The summed E-state index contributed by atoms with van der Waals surface area (Å²) in [7, 11) is 1.68. The molecule has 31 heavy (non-hydrogen) atoms. The van der Waals surface area contributed by atoms with Crippen LogP contribution in [0.15, 0.2) is 47.6 Å². The number of hydrogen-bond donors (Lipinski definition) is 1. The summed E-state index contributed by atoms with van der Waals surface area (Å²) >= 11 is 1.42. The average molecular weight is 439 g/mol. The lowest BCUT2D eigenvalue weighted by molar-refractivity contribution is -0.113. The number of anilines is 1. The van der Waals surface area contributed by atoms with Gasteiger partial charge in [0.15, 0.2) is 5.16 Å². The Bertz CT molecular complexity index is 1010. The van der Waals surface area contributed by atoms with Crippen LogP contribution >= 0.6 is 11.8 Å². The number of carbonyl (C=O) groups is 1. The molecule has 3 aromatic rings. The first-order valence-electron chi connectivity index (χ1n) is 10.5. The molecule has 0 radical (unpaired) electrons. The molecule has 0 fully saturated rings. The van der Waals surface area contributed by atoms with Crippen LogP contribution in [0.4, 0.5) is 5.69 Å². The minimum Gasteiger partial charge on any atom is -0.497 e. The maximum atomic E-state index is 12.4. The number of nitrogens with zero attached hydrogens (tertiary/aromatic N) is 3. The van der Waals surface area contributed by atoms with Crippen molar-refractivity contribution in [1.29, 1.82) is 0 Å². The fourth-order valence-electron chi connectivity index (χ4n) is 3.32. The molecule has 1 aromatic heterocycles. The molecule has 1 heterocycles. The van der Waals surface area contributed by atoms with E-state index in [1.54, 1.807) is 7.11 Å². The van der Waals surface area contributed by atoms with Crippen molar-refractivity contribution in [2.45, 2.75) is 51.7 Å². The molecule has 0 atom stereocenters. The van der Waals surface area contributed by atoms with Gasteiger partial charge in [-0.3, -0.25) is 4.79 Å². The number of carbonyl (C=O) groups excluding carboxylic acids is 1. The predicted molar refractivity (Wildman–Crippen MR) is 126 cm³/mol. The number of methoxy groups -OCH3 is 1. The van der Waals surface area contributed by atoms with Gasteiger partial charge in [0.2, 0.25) is 5.91 Å². The van der Waals surface area contributed by atoms with E-state index in [4.69, 9.17) is 4.74 Å². The van der Waals surface area contributed by atoms with E-state index in [-0.39, 0.29) is 5.91 Å². The van der Waals surface area contributed by atoms with Crippen molar-refractivity contribution in [3.8, 4) is 5.75 Å². The van der Waals surface area contributed by atoms with E-state index < -0.39 is 0 Å². The number of rotatable bonds is 10. The molecule has 0 saturated heterocycles. The van der Waals surface area contributed by atoms with E-state index in [0.29, 0.717) is 5.75 Å². The Morgan fingerprint density at radius 3 is 2.52 bits per heavy atom. The van der Waals surface area contributed by atoms with Crippen molar-refractivity contribution in [2.75, 3.05) is 18.2 Å². The van der Waals surface area contributed by atoms with E-state index in [9.17, 15) is 4.79 Å². The Morgan fingerprint density at radius 2 is 1.84 bits per heavy atom. The van der Waals surface area contributed by atoms with Gasteiger partial charge in [0, 0.05) is 18.7 Å². The van der Waals surface area contributed by atoms with Crippen molar-refractivity contribution in [1.82, 2.24) is 14.8 Å². The molecular formula is C24H30N4O2S. The maximum Gasteiger partial charge on any atom is 0.234 e. The molecule has 1 N–H and O–H groups in total. The maximum absolute atomic E-state index is 12.4. The first-order valence-corrected chi connectivity index (χ1v) is 11.5. The number of amides is 1. The third-order valence-electron chi connectivity index (χ3n) is 5.26. The van der Waals surface area contributed by atoms with Crippen molar-refractivity contribution < 1.29 is 9.53 Å². The second-order valence-corrected chi connectivity index (χ2v) is 8.42. The van der Waals surface area contributed by atoms with Crippen molar-refractivity contribution >= 4 is 23.4 Å². The Labute approximate surface area is 188 Å². The van der Waals surface area contributed by atoms with Crippen molar-refractivity contribution in [2.24, 2.45) is 0 Å². The topological polar surface area (TPSA) is 69.0 Å². The van der Waals surface area contributed by atoms with Crippen LogP contribution in [0, 0.1) is 13.8 Å². The molecule has 0 aliphatic carbocycles. The smallest absolute Gasteiger partial charge is 0.234 e. The van der Waals surface area contributed by atoms with Gasteiger partial charge in [0.1, 0.15) is 11.6 Å². The highest BCUT2D eigenvalue weighted by molar-refractivity contribution is 7.99. The Hall–Kier alpha value is -2.80. The van der Waals surface area contributed by atoms with Gasteiger partial charge in [-0.25, -0.2) is 0 Å². The van der Waals surface area contributed by atoms with Gasteiger partial charge in [0.05, 0.1) is 12.9 Å². The lowest BCUT2D eigenvalue weighted by Gasteiger charge is -2.09. The normalized spacial score (nSPS) is 10.8. The summed E-state index contributed by atoms with van der Waals surface area (Å²) in [4.78, 5) is 12.4. The molecule has 1 amide bonds. The summed E-state index contributed by atoms with van der Waals surface area (Å²) < 4.78 is 7.31. The van der Waals surface area contributed by atoms with E-state index in [1.165, 1.54) is 22.9 Å². The molecule has 6 nitrogen and oxygen atoms in total. The summed E-state index contributed by atoms with van der Waals surface area (Å²) in [5.74, 6) is 2.10. The second-order valence-electron chi connectivity index (χ2n) is 7.48. The van der Waals surface area contributed by atoms with E-state index in [1.807, 2.05) is 37.3 Å². The molecule has 0 bridgehead atoms. The molecule has 0 saturated carbocycles. The molecule has 3 rings (SSSR count). The minimum atomic E-state index is -0.0417. The number of benzene rings is 2. The number of nitrogens with one attached hydrogen (secondary N) is 1. The highest BCUT2D eigenvalue weighted by Gasteiger charge is 2.13. The summed E-state index contributed by atoms with van der Waals surface area (Å²) in [5.41, 5.74) is 4.48. The van der Waals surface area contributed by atoms with Gasteiger partial charge < -0.3 is 14.6 Å². The third-order valence-corrected chi connectivity index (χ3v) is 6.22. The Balaban J connectivity index is 1.51. The first kappa shape index (κ1) is 22.9. The molecule has 0 aliphatic heterocycles. The Morgan fingerprint density at radius 1 is 1.06 bits per heavy atom. The summed E-state index contributed by atoms with van der Waals surface area (Å²) in [6.45, 7) is 6.96. The number of thioether (sulfide) groups is 1. The zero-order chi connectivity index (χ0) is 22.2. The lowest BCUT2D eigenvalue weighted by atomic mass is 10.1. The molecule has 7 heteroatoms. The van der Waals surface area contributed by atoms with Crippen LogP contribution in [0.5, 0.6) is 5.75 Å². The molecule has 0 aliphatic rings. The minimum absolute atomic E-state index is 0.0417. The van der Waals surface area contributed by atoms with Crippen molar-refractivity contribution in [3.63, 3.8) is 0 Å². The van der Waals surface area contributed by atoms with Crippen LogP contribution in [0.25, 0.3) is 0 Å². The third kappa shape index (κ3) is 6.34. The second kappa shape index (κ2) is 11.0. The first-order chi connectivity index (χ1) is 15.0. The van der Waals surface area contributed by atoms with Crippen LogP contribution < -0.4 is 10.1 Å².